The Morgan fingerprint density at radius 3 is 3.23 bits per heavy atom. The van der Waals surface area contributed by atoms with E-state index in [1.54, 1.807) is 0 Å². The molecule has 0 radical (unpaired) electrons. The van der Waals surface area contributed by atoms with Gasteiger partial charge in [0.2, 0.25) is 0 Å². The molecule has 3 heteroatoms. The van der Waals surface area contributed by atoms with Gasteiger partial charge in [-0.05, 0) is 18.6 Å². The number of dihydropyridines is 1. The lowest BCUT2D eigenvalue weighted by Crippen LogP contribution is -2.20. The molecule has 0 amide bonds. The summed E-state index contributed by atoms with van der Waals surface area (Å²) in [7, 11) is 0. The first-order valence-electron chi connectivity index (χ1n) is 4.35. The van der Waals surface area contributed by atoms with Gasteiger partial charge in [-0.2, -0.15) is 0 Å². The highest BCUT2D eigenvalue weighted by molar-refractivity contribution is 8.01. The third-order valence-electron chi connectivity index (χ3n) is 2.33. The van der Waals surface area contributed by atoms with Crippen molar-refractivity contribution in [1.29, 1.82) is 0 Å². The van der Waals surface area contributed by atoms with Gasteiger partial charge in [-0.15, -0.1) is 0 Å². The van der Waals surface area contributed by atoms with E-state index in [0.717, 1.165) is 11.3 Å². The van der Waals surface area contributed by atoms with Crippen LogP contribution < -0.4 is 5.14 Å². The predicted molar refractivity (Wildman–Crippen MR) is 58.5 cm³/mol. The molecule has 0 spiro atoms. The summed E-state index contributed by atoms with van der Waals surface area (Å²) in [6.07, 6.45) is 13.4. The molecule has 1 heterocycles. The molecule has 13 heavy (non-hydrogen) atoms. The third kappa shape index (κ3) is 1.76. The van der Waals surface area contributed by atoms with Crippen molar-refractivity contribution in [1.82, 2.24) is 0 Å². The van der Waals surface area contributed by atoms with E-state index in [1.165, 1.54) is 11.9 Å². The Kier molecular flexibility index (Phi) is 2.66. The first-order chi connectivity index (χ1) is 6.42. The number of allylic oxidation sites excluding steroid dienone is 4. The van der Waals surface area contributed by atoms with Gasteiger partial charge in [0.25, 0.3) is 0 Å². The average molecular weight is 192 g/mol. The van der Waals surface area contributed by atoms with Crippen LogP contribution in [0.5, 0.6) is 0 Å². The molecule has 0 aromatic carbocycles. The quantitative estimate of drug-likeness (QED) is 0.646. The summed E-state index contributed by atoms with van der Waals surface area (Å²) in [4.78, 5) is 5.59. The number of hydrogen-bond acceptors (Lipinski definition) is 3. The molecule has 2 nitrogen and oxygen atoms in total. The van der Waals surface area contributed by atoms with Crippen molar-refractivity contribution in [2.75, 3.05) is 0 Å². The maximum atomic E-state index is 5.60. The number of nitrogens with two attached hydrogens (primary N) is 1. The van der Waals surface area contributed by atoms with Crippen molar-refractivity contribution >= 4 is 18.2 Å². The maximum Gasteiger partial charge on any atom is 0.0885 e. The van der Waals surface area contributed by atoms with E-state index >= 15 is 0 Å². The van der Waals surface area contributed by atoms with Gasteiger partial charge in [-0.25, -0.2) is 0 Å². The van der Waals surface area contributed by atoms with Crippen molar-refractivity contribution in [2.45, 2.75) is 12.5 Å². The molecule has 0 fully saturated rings. The summed E-state index contributed by atoms with van der Waals surface area (Å²) in [5, 5.41) is 5.60. The van der Waals surface area contributed by atoms with Crippen molar-refractivity contribution < 1.29 is 0 Å². The van der Waals surface area contributed by atoms with Gasteiger partial charge in [0.05, 0.1) is 6.04 Å². The molecule has 0 saturated heterocycles. The highest BCUT2D eigenvalue weighted by Gasteiger charge is 2.23. The lowest BCUT2D eigenvalue weighted by atomic mass is 9.95. The number of nitrogens with zero attached hydrogens (tertiary/aromatic N) is 1. The Labute approximate surface area is 82.4 Å². The van der Waals surface area contributed by atoms with Crippen LogP contribution in [0, 0.1) is 5.92 Å². The predicted octanol–water partition coefficient (Wildman–Crippen LogP) is 2.06. The van der Waals surface area contributed by atoms with E-state index in [1.807, 2.05) is 12.3 Å². The largest absolute Gasteiger partial charge is 0.284 e. The molecule has 0 aromatic rings. The average Bonchev–Trinajstić information content (AvgIpc) is 2.39. The zero-order valence-corrected chi connectivity index (χ0v) is 8.08. The third-order valence-corrected chi connectivity index (χ3v) is 2.98. The number of rotatable bonds is 1. The van der Waals surface area contributed by atoms with Crippen LogP contribution in [0.3, 0.4) is 0 Å². The molecule has 0 bridgehead atoms. The van der Waals surface area contributed by atoms with E-state index in [2.05, 4.69) is 29.3 Å². The summed E-state index contributed by atoms with van der Waals surface area (Å²) in [6, 6.07) is 0.245. The molecular formula is C10H12N2S. The summed E-state index contributed by atoms with van der Waals surface area (Å²) >= 11 is 1.31. The van der Waals surface area contributed by atoms with E-state index in [9.17, 15) is 0 Å². The minimum Gasteiger partial charge on any atom is -0.284 e. The molecule has 2 aliphatic rings. The number of hydrogen-bond donors (Lipinski definition) is 1. The fourth-order valence-electron chi connectivity index (χ4n) is 1.65. The molecule has 0 aromatic heterocycles. The fourth-order valence-corrected chi connectivity index (χ4v) is 2.18. The highest BCUT2D eigenvalue weighted by Crippen LogP contribution is 2.30. The van der Waals surface area contributed by atoms with Crippen molar-refractivity contribution in [2.24, 2.45) is 16.0 Å². The second-order valence-electron chi connectivity index (χ2n) is 3.14. The topological polar surface area (TPSA) is 38.4 Å². The molecule has 1 aliphatic carbocycles. The standard InChI is InChI=1S/C10H12N2S/c11-13-9-6-2-1-4-8-5-3-7-12-10(8)9/h1-3,5-8,10H,4,11H2/t8?,10-/m1/s1. The van der Waals surface area contributed by atoms with E-state index < -0.39 is 0 Å². The van der Waals surface area contributed by atoms with Crippen LogP contribution in [0.25, 0.3) is 0 Å². The Morgan fingerprint density at radius 2 is 2.38 bits per heavy atom. The minimum absolute atomic E-state index is 0.245. The van der Waals surface area contributed by atoms with Gasteiger partial charge in [0.1, 0.15) is 0 Å². The molecule has 1 unspecified atom stereocenters. The summed E-state index contributed by atoms with van der Waals surface area (Å²) in [5.74, 6) is 0.492. The highest BCUT2D eigenvalue weighted by atomic mass is 32.2. The zero-order valence-electron chi connectivity index (χ0n) is 7.26. The minimum atomic E-state index is 0.245. The van der Waals surface area contributed by atoms with Crippen LogP contribution >= 0.6 is 11.9 Å². The SMILES string of the molecule is NSC1=CC=CCC2C=CC=N[C@@H]12. The van der Waals surface area contributed by atoms with Gasteiger partial charge < -0.3 is 0 Å². The first kappa shape index (κ1) is 8.78. The van der Waals surface area contributed by atoms with E-state index in [0.29, 0.717) is 5.92 Å². The molecule has 2 N–H and O–H groups in total. The van der Waals surface area contributed by atoms with Crippen molar-refractivity contribution in [3.05, 3.63) is 35.3 Å². The first-order valence-corrected chi connectivity index (χ1v) is 5.23. The van der Waals surface area contributed by atoms with Crippen LogP contribution in [0.1, 0.15) is 6.42 Å². The Balaban J connectivity index is 2.28. The number of fused-ring (bicyclic) bond motifs is 1. The lowest BCUT2D eigenvalue weighted by molar-refractivity contribution is 0.580. The van der Waals surface area contributed by atoms with Gasteiger partial charge in [-0.1, -0.05) is 30.2 Å². The van der Waals surface area contributed by atoms with Gasteiger partial charge in [0.15, 0.2) is 0 Å². The smallest absolute Gasteiger partial charge is 0.0885 e. The maximum absolute atomic E-state index is 5.60. The van der Waals surface area contributed by atoms with Crippen LogP contribution in [0.15, 0.2) is 40.3 Å². The molecule has 2 rings (SSSR count). The summed E-state index contributed by atoms with van der Waals surface area (Å²) in [5.41, 5.74) is 0. The molecule has 0 saturated carbocycles. The molecular weight excluding hydrogens is 180 g/mol. The summed E-state index contributed by atoms with van der Waals surface area (Å²) < 4.78 is 0. The molecule has 68 valence electrons. The van der Waals surface area contributed by atoms with Gasteiger partial charge >= 0.3 is 0 Å². The molecule has 2 atom stereocenters. The monoisotopic (exact) mass is 192 g/mol. The second kappa shape index (κ2) is 3.94. The van der Waals surface area contributed by atoms with Gasteiger partial charge in [-0.3, -0.25) is 10.1 Å². The Morgan fingerprint density at radius 1 is 1.46 bits per heavy atom. The van der Waals surface area contributed by atoms with E-state index in [4.69, 9.17) is 5.14 Å². The zero-order chi connectivity index (χ0) is 9.10. The van der Waals surface area contributed by atoms with Gasteiger partial charge in [0, 0.05) is 17.0 Å². The van der Waals surface area contributed by atoms with E-state index in [-0.39, 0.29) is 6.04 Å². The Bertz CT molecular complexity index is 302. The van der Waals surface area contributed by atoms with Crippen LogP contribution in [0.2, 0.25) is 0 Å². The summed E-state index contributed by atoms with van der Waals surface area (Å²) in [6.45, 7) is 0. The fraction of sp³-hybridized carbons (Fsp3) is 0.300. The van der Waals surface area contributed by atoms with Crippen LogP contribution in [0.4, 0.5) is 0 Å². The Hall–Kier alpha value is -0.800. The lowest BCUT2D eigenvalue weighted by Gasteiger charge is -2.22. The normalized spacial score (nSPS) is 31.0. The second-order valence-corrected chi connectivity index (χ2v) is 3.85. The van der Waals surface area contributed by atoms with Crippen molar-refractivity contribution in [3.63, 3.8) is 0 Å². The van der Waals surface area contributed by atoms with Crippen LogP contribution in [-0.4, -0.2) is 12.3 Å². The van der Waals surface area contributed by atoms with Crippen molar-refractivity contribution in [3.8, 4) is 0 Å². The van der Waals surface area contributed by atoms with Crippen LogP contribution in [-0.2, 0) is 0 Å². The molecule has 1 aliphatic heterocycles. The number of aliphatic imine (C=N–C) groups is 1.